The number of hydrogen-bond acceptors (Lipinski definition) is 3. The number of para-hydroxylation sites is 2. The summed E-state index contributed by atoms with van der Waals surface area (Å²) in [6.07, 6.45) is 1.95. The van der Waals surface area contributed by atoms with Crippen molar-refractivity contribution in [3.63, 3.8) is 0 Å². The van der Waals surface area contributed by atoms with E-state index in [-0.39, 0.29) is 5.91 Å². The summed E-state index contributed by atoms with van der Waals surface area (Å²) in [7, 11) is 1.88. The Morgan fingerprint density at radius 2 is 1.92 bits per heavy atom. The van der Waals surface area contributed by atoms with Gasteiger partial charge in [0.2, 0.25) is 5.91 Å². The standard InChI is InChI=1S/C20H19N5O/c1-13-16(14-7-3-5-9-17(14)22-13)11-19(26)23-18-10-6-4-8-15(18)20-24-21-12-25(20)2/h3-10,12,22H,11H2,1-2H3,(H,23,26). The third kappa shape index (κ3) is 2.86. The summed E-state index contributed by atoms with van der Waals surface area (Å²) in [5, 5.41) is 12.2. The number of benzene rings is 2. The van der Waals surface area contributed by atoms with Crippen LogP contribution in [-0.2, 0) is 18.3 Å². The predicted molar refractivity (Wildman–Crippen MR) is 102 cm³/mol. The molecule has 0 spiro atoms. The minimum atomic E-state index is -0.0625. The SMILES string of the molecule is Cc1[nH]c2ccccc2c1CC(=O)Nc1ccccc1-c1nncn1C. The molecule has 0 saturated carbocycles. The van der Waals surface area contributed by atoms with E-state index in [2.05, 4.69) is 20.5 Å². The zero-order valence-electron chi connectivity index (χ0n) is 14.7. The highest BCUT2D eigenvalue weighted by Crippen LogP contribution is 2.27. The van der Waals surface area contributed by atoms with Crippen molar-refractivity contribution in [2.45, 2.75) is 13.3 Å². The molecule has 0 atom stereocenters. The molecule has 0 fully saturated rings. The second-order valence-corrected chi connectivity index (χ2v) is 6.31. The van der Waals surface area contributed by atoms with E-state index in [9.17, 15) is 4.79 Å². The van der Waals surface area contributed by atoms with Gasteiger partial charge >= 0.3 is 0 Å². The van der Waals surface area contributed by atoms with E-state index in [1.165, 1.54) is 0 Å². The fourth-order valence-corrected chi connectivity index (χ4v) is 3.23. The van der Waals surface area contributed by atoms with Crippen molar-refractivity contribution in [2.24, 2.45) is 7.05 Å². The molecule has 4 rings (SSSR count). The summed E-state index contributed by atoms with van der Waals surface area (Å²) in [4.78, 5) is 16.1. The Hall–Kier alpha value is -3.41. The Balaban J connectivity index is 1.62. The highest BCUT2D eigenvalue weighted by Gasteiger charge is 2.15. The Kier molecular flexibility index (Phi) is 4.01. The van der Waals surface area contributed by atoms with E-state index < -0.39 is 0 Å². The summed E-state index contributed by atoms with van der Waals surface area (Å²) < 4.78 is 1.83. The van der Waals surface area contributed by atoms with Gasteiger partial charge in [0, 0.05) is 29.2 Å². The van der Waals surface area contributed by atoms with E-state index in [1.54, 1.807) is 6.33 Å². The van der Waals surface area contributed by atoms with Crippen molar-refractivity contribution in [3.8, 4) is 11.4 Å². The molecule has 2 aromatic heterocycles. The van der Waals surface area contributed by atoms with Crippen molar-refractivity contribution in [1.29, 1.82) is 0 Å². The molecule has 0 unspecified atom stereocenters. The average Bonchev–Trinajstić information content (AvgIpc) is 3.19. The predicted octanol–water partition coefficient (Wildman–Crippen LogP) is 3.45. The highest BCUT2D eigenvalue weighted by molar-refractivity contribution is 5.98. The van der Waals surface area contributed by atoms with Gasteiger partial charge in [0.15, 0.2) is 5.82 Å². The van der Waals surface area contributed by atoms with E-state index in [0.717, 1.165) is 33.4 Å². The molecule has 6 nitrogen and oxygen atoms in total. The van der Waals surface area contributed by atoms with Gasteiger partial charge in [-0.25, -0.2) is 0 Å². The van der Waals surface area contributed by atoms with Crippen LogP contribution in [0.2, 0.25) is 0 Å². The lowest BCUT2D eigenvalue weighted by Gasteiger charge is -2.10. The lowest BCUT2D eigenvalue weighted by molar-refractivity contribution is -0.115. The maximum atomic E-state index is 12.7. The van der Waals surface area contributed by atoms with Gasteiger partial charge < -0.3 is 14.9 Å². The summed E-state index contributed by atoms with van der Waals surface area (Å²) in [5.74, 6) is 0.650. The maximum absolute atomic E-state index is 12.7. The van der Waals surface area contributed by atoms with Crippen LogP contribution in [0.5, 0.6) is 0 Å². The van der Waals surface area contributed by atoms with E-state index >= 15 is 0 Å². The average molecular weight is 345 g/mol. The van der Waals surface area contributed by atoms with Crippen molar-refractivity contribution >= 4 is 22.5 Å². The van der Waals surface area contributed by atoms with E-state index in [4.69, 9.17) is 0 Å². The minimum Gasteiger partial charge on any atom is -0.358 e. The molecular weight excluding hydrogens is 326 g/mol. The first-order chi connectivity index (χ1) is 12.6. The first kappa shape index (κ1) is 16.1. The Bertz CT molecular complexity index is 1090. The van der Waals surface area contributed by atoms with E-state index in [1.807, 2.05) is 67.1 Å². The number of aryl methyl sites for hydroxylation is 2. The second kappa shape index (κ2) is 6.48. The fourth-order valence-electron chi connectivity index (χ4n) is 3.23. The van der Waals surface area contributed by atoms with Gasteiger partial charge in [-0.3, -0.25) is 4.79 Å². The topological polar surface area (TPSA) is 75.6 Å². The third-order valence-electron chi connectivity index (χ3n) is 4.52. The number of hydrogen-bond donors (Lipinski definition) is 2. The second-order valence-electron chi connectivity index (χ2n) is 6.31. The molecule has 1 amide bonds. The molecule has 130 valence electrons. The summed E-state index contributed by atoms with van der Waals surface area (Å²) in [6.45, 7) is 2.00. The number of amides is 1. The van der Waals surface area contributed by atoms with Crippen LogP contribution in [0.3, 0.4) is 0 Å². The van der Waals surface area contributed by atoms with Crippen molar-refractivity contribution in [1.82, 2.24) is 19.7 Å². The molecule has 0 aliphatic carbocycles. The number of anilines is 1. The van der Waals surface area contributed by atoms with Crippen LogP contribution in [0, 0.1) is 6.92 Å². The molecule has 4 aromatic rings. The first-order valence-corrected chi connectivity index (χ1v) is 8.43. The minimum absolute atomic E-state index is 0.0625. The molecular formula is C20H19N5O. The number of nitrogens with one attached hydrogen (secondary N) is 2. The Labute approximate surface area is 150 Å². The van der Waals surface area contributed by atoms with Gasteiger partial charge in [-0.15, -0.1) is 10.2 Å². The maximum Gasteiger partial charge on any atom is 0.228 e. The molecule has 2 N–H and O–H groups in total. The molecule has 26 heavy (non-hydrogen) atoms. The van der Waals surface area contributed by atoms with Crippen LogP contribution in [0.4, 0.5) is 5.69 Å². The summed E-state index contributed by atoms with van der Waals surface area (Å²) >= 11 is 0. The number of aromatic amines is 1. The number of carbonyl (C=O) groups is 1. The number of nitrogens with zero attached hydrogens (tertiary/aromatic N) is 3. The van der Waals surface area contributed by atoms with Crippen LogP contribution in [-0.4, -0.2) is 25.7 Å². The molecule has 2 aromatic carbocycles. The van der Waals surface area contributed by atoms with Crippen LogP contribution in [0.15, 0.2) is 54.9 Å². The molecule has 0 aliphatic rings. The normalized spacial score (nSPS) is 11.0. The van der Waals surface area contributed by atoms with Gasteiger partial charge in [-0.1, -0.05) is 30.3 Å². The third-order valence-corrected chi connectivity index (χ3v) is 4.52. The van der Waals surface area contributed by atoms with Crippen LogP contribution < -0.4 is 5.32 Å². The number of rotatable bonds is 4. The van der Waals surface area contributed by atoms with Crippen molar-refractivity contribution < 1.29 is 4.79 Å². The highest BCUT2D eigenvalue weighted by atomic mass is 16.1. The summed E-state index contributed by atoms with van der Waals surface area (Å²) in [6, 6.07) is 15.7. The Morgan fingerprint density at radius 1 is 1.15 bits per heavy atom. The monoisotopic (exact) mass is 345 g/mol. The lowest BCUT2D eigenvalue weighted by atomic mass is 10.1. The van der Waals surface area contributed by atoms with Crippen molar-refractivity contribution in [2.75, 3.05) is 5.32 Å². The van der Waals surface area contributed by atoms with Crippen LogP contribution in [0.25, 0.3) is 22.3 Å². The zero-order chi connectivity index (χ0) is 18.1. The van der Waals surface area contributed by atoms with E-state index in [0.29, 0.717) is 12.2 Å². The quantitative estimate of drug-likeness (QED) is 0.595. The number of carbonyl (C=O) groups excluding carboxylic acids is 1. The lowest BCUT2D eigenvalue weighted by Crippen LogP contribution is -2.15. The molecule has 2 heterocycles. The van der Waals surface area contributed by atoms with Crippen molar-refractivity contribution in [3.05, 3.63) is 66.1 Å². The van der Waals surface area contributed by atoms with Gasteiger partial charge in [0.05, 0.1) is 12.1 Å². The smallest absolute Gasteiger partial charge is 0.228 e. The Morgan fingerprint density at radius 3 is 2.73 bits per heavy atom. The number of fused-ring (bicyclic) bond motifs is 1. The molecule has 6 heteroatoms. The largest absolute Gasteiger partial charge is 0.358 e. The van der Waals surface area contributed by atoms with Crippen LogP contribution >= 0.6 is 0 Å². The summed E-state index contributed by atoms with van der Waals surface area (Å²) in [5.41, 5.74) is 4.66. The molecule has 0 bridgehead atoms. The van der Waals surface area contributed by atoms with Gasteiger partial charge in [0.1, 0.15) is 6.33 Å². The molecule has 0 aliphatic heterocycles. The first-order valence-electron chi connectivity index (χ1n) is 8.43. The zero-order valence-corrected chi connectivity index (χ0v) is 14.7. The van der Waals surface area contributed by atoms with Gasteiger partial charge in [-0.05, 0) is 30.7 Å². The van der Waals surface area contributed by atoms with Gasteiger partial charge in [0.25, 0.3) is 0 Å². The number of aromatic nitrogens is 4. The van der Waals surface area contributed by atoms with Gasteiger partial charge in [-0.2, -0.15) is 0 Å². The fraction of sp³-hybridized carbons (Fsp3) is 0.150. The molecule has 0 radical (unpaired) electrons. The van der Waals surface area contributed by atoms with Crippen LogP contribution in [0.1, 0.15) is 11.3 Å². The molecule has 0 saturated heterocycles. The number of H-pyrrole nitrogens is 1.